The van der Waals surface area contributed by atoms with Crippen molar-refractivity contribution in [1.29, 1.82) is 0 Å². The van der Waals surface area contributed by atoms with Crippen molar-refractivity contribution in [3.8, 4) is 0 Å². The Balaban J connectivity index is 1.64. The minimum Gasteiger partial charge on any atom is -0.379 e. The molecule has 1 atom stereocenters. The lowest BCUT2D eigenvalue weighted by Crippen LogP contribution is -2.44. The maximum absolute atomic E-state index is 6.37. The zero-order valence-electron chi connectivity index (χ0n) is 15.0. The normalized spacial score (nSPS) is 16.3. The van der Waals surface area contributed by atoms with Gasteiger partial charge in [0.15, 0.2) is 5.11 Å². The smallest absolute Gasteiger partial charge is 0.170 e. The van der Waals surface area contributed by atoms with Crippen molar-refractivity contribution in [3.63, 3.8) is 0 Å². The second-order valence-corrected chi connectivity index (χ2v) is 8.25. The molecule has 0 bridgehead atoms. The molecule has 1 aliphatic rings. The van der Waals surface area contributed by atoms with Crippen LogP contribution >= 0.6 is 35.2 Å². The summed E-state index contributed by atoms with van der Waals surface area (Å²) in [4.78, 5) is 3.79. The standard InChI is InChI=1S/C19H24ClN3OS2/c1-13-10-14(2)18(15(20)11-13)22-19(25)21-12-16(17-4-3-9-26-17)23-5-7-24-8-6-23/h3-4,9-11,16H,5-8,12H2,1-2H3,(H2,21,22,25)/t16-/m0/s1. The monoisotopic (exact) mass is 409 g/mol. The van der Waals surface area contributed by atoms with Gasteiger partial charge in [0.2, 0.25) is 0 Å². The third-order valence-corrected chi connectivity index (χ3v) is 6.00. The van der Waals surface area contributed by atoms with E-state index in [1.54, 1.807) is 11.3 Å². The van der Waals surface area contributed by atoms with Crippen LogP contribution in [-0.4, -0.2) is 42.9 Å². The van der Waals surface area contributed by atoms with Gasteiger partial charge in [-0.1, -0.05) is 23.7 Å². The average molecular weight is 410 g/mol. The van der Waals surface area contributed by atoms with Crippen LogP contribution in [0.25, 0.3) is 0 Å². The summed E-state index contributed by atoms with van der Waals surface area (Å²) in [5, 5.41) is 10.0. The Kier molecular flexibility index (Phi) is 6.89. The van der Waals surface area contributed by atoms with Crippen LogP contribution in [0.2, 0.25) is 5.02 Å². The number of hydrogen-bond acceptors (Lipinski definition) is 4. The van der Waals surface area contributed by atoms with Crippen LogP contribution in [-0.2, 0) is 4.74 Å². The molecule has 140 valence electrons. The molecule has 3 rings (SSSR count). The lowest BCUT2D eigenvalue weighted by atomic mass is 10.1. The van der Waals surface area contributed by atoms with Gasteiger partial charge in [0.25, 0.3) is 0 Å². The van der Waals surface area contributed by atoms with E-state index in [-0.39, 0.29) is 6.04 Å². The third-order valence-electron chi connectivity index (χ3n) is 4.48. The number of ether oxygens (including phenoxy) is 1. The van der Waals surface area contributed by atoms with Gasteiger partial charge in [-0.25, -0.2) is 0 Å². The van der Waals surface area contributed by atoms with Crippen LogP contribution < -0.4 is 10.6 Å². The minimum atomic E-state index is 0.285. The number of aryl methyl sites for hydroxylation is 2. The molecule has 1 fully saturated rings. The van der Waals surface area contributed by atoms with Crippen LogP contribution in [0.5, 0.6) is 0 Å². The number of nitrogens with zero attached hydrogens (tertiary/aromatic N) is 1. The number of nitrogens with one attached hydrogen (secondary N) is 2. The number of thiocarbonyl (C=S) groups is 1. The highest BCUT2D eigenvalue weighted by atomic mass is 35.5. The SMILES string of the molecule is Cc1cc(C)c(NC(=S)NC[C@@H](c2cccs2)N2CCOCC2)c(Cl)c1. The van der Waals surface area contributed by atoms with Crippen molar-refractivity contribution in [3.05, 3.63) is 50.7 Å². The summed E-state index contributed by atoms with van der Waals surface area (Å²) < 4.78 is 5.50. The first-order valence-corrected chi connectivity index (χ1v) is 10.4. The summed E-state index contributed by atoms with van der Waals surface area (Å²) >= 11 is 13.7. The fraction of sp³-hybridized carbons (Fsp3) is 0.421. The van der Waals surface area contributed by atoms with E-state index in [9.17, 15) is 0 Å². The van der Waals surface area contributed by atoms with Crippen LogP contribution in [0, 0.1) is 13.8 Å². The van der Waals surface area contributed by atoms with E-state index in [0.717, 1.165) is 49.7 Å². The van der Waals surface area contributed by atoms with E-state index in [1.165, 1.54) is 4.88 Å². The van der Waals surface area contributed by atoms with Crippen molar-refractivity contribution in [1.82, 2.24) is 10.2 Å². The summed E-state index contributed by atoms with van der Waals surface area (Å²) in [6.45, 7) is 8.25. The Morgan fingerprint density at radius 1 is 1.35 bits per heavy atom. The Hall–Kier alpha value is -1.18. The lowest BCUT2D eigenvalue weighted by Gasteiger charge is -2.34. The van der Waals surface area contributed by atoms with E-state index >= 15 is 0 Å². The van der Waals surface area contributed by atoms with Crippen molar-refractivity contribution < 1.29 is 4.74 Å². The van der Waals surface area contributed by atoms with Crippen molar-refractivity contribution in [2.45, 2.75) is 19.9 Å². The molecule has 0 spiro atoms. The average Bonchev–Trinajstić information content (AvgIpc) is 3.13. The number of rotatable bonds is 5. The molecule has 0 aliphatic carbocycles. The Bertz CT molecular complexity index is 722. The summed E-state index contributed by atoms with van der Waals surface area (Å²) in [5.41, 5.74) is 3.10. The van der Waals surface area contributed by atoms with Gasteiger partial charge in [-0.15, -0.1) is 11.3 Å². The molecule has 2 heterocycles. The highest BCUT2D eigenvalue weighted by Gasteiger charge is 2.23. The molecule has 7 heteroatoms. The second-order valence-electron chi connectivity index (χ2n) is 6.45. The van der Waals surface area contributed by atoms with E-state index in [1.807, 2.05) is 19.9 Å². The largest absolute Gasteiger partial charge is 0.379 e. The first-order valence-electron chi connectivity index (χ1n) is 8.71. The predicted molar refractivity (Wildman–Crippen MR) is 115 cm³/mol. The molecule has 1 aromatic carbocycles. The van der Waals surface area contributed by atoms with Gasteiger partial charge in [0.05, 0.1) is 30.0 Å². The van der Waals surface area contributed by atoms with Crippen molar-refractivity contribution in [2.24, 2.45) is 0 Å². The zero-order valence-corrected chi connectivity index (χ0v) is 17.4. The van der Waals surface area contributed by atoms with Gasteiger partial charge < -0.3 is 15.4 Å². The minimum absolute atomic E-state index is 0.285. The molecular weight excluding hydrogens is 386 g/mol. The molecule has 4 nitrogen and oxygen atoms in total. The number of anilines is 1. The van der Waals surface area contributed by atoms with Gasteiger partial charge in [-0.2, -0.15) is 0 Å². The lowest BCUT2D eigenvalue weighted by molar-refractivity contribution is 0.0177. The molecule has 2 aromatic rings. The molecular formula is C19H24ClN3OS2. The van der Waals surface area contributed by atoms with Crippen LogP contribution in [0.1, 0.15) is 22.0 Å². The van der Waals surface area contributed by atoms with Gasteiger partial charge in [-0.05, 0) is 54.7 Å². The summed E-state index contributed by atoms with van der Waals surface area (Å²) in [7, 11) is 0. The Morgan fingerprint density at radius 3 is 2.77 bits per heavy atom. The number of benzene rings is 1. The second kappa shape index (κ2) is 9.15. The molecule has 2 N–H and O–H groups in total. The predicted octanol–water partition coefficient (Wildman–Crippen LogP) is 4.38. The van der Waals surface area contributed by atoms with Crippen LogP contribution in [0.4, 0.5) is 5.69 Å². The van der Waals surface area contributed by atoms with Crippen molar-refractivity contribution >= 4 is 46.0 Å². The molecule has 0 unspecified atom stereocenters. The van der Waals surface area contributed by atoms with Gasteiger partial charge in [0, 0.05) is 24.5 Å². The maximum atomic E-state index is 6.37. The molecule has 1 saturated heterocycles. The highest BCUT2D eigenvalue weighted by Crippen LogP contribution is 2.28. The van der Waals surface area contributed by atoms with Gasteiger partial charge in [-0.3, -0.25) is 4.90 Å². The first kappa shape index (κ1) is 19.6. The number of morpholine rings is 1. The molecule has 0 saturated carbocycles. The molecule has 1 aliphatic heterocycles. The fourth-order valence-electron chi connectivity index (χ4n) is 3.20. The zero-order chi connectivity index (χ0) is 18.5. The number of hydrogen-bond donors (Lipinski definition) is 2. The van der Waals surface area contributed by atoms with E-state index < -0.39 is 0 Å². The molecule has 0 amide bonds. The van der Waals surface area contributed by atoms with Crippen LogP contribution in [0.15, 0.2) is 29.6 Å². The van der Waals surface area contributed by atoms with Gasteiger partial charge >= 0.3 is 0 Å². The van der Waals surface area contributed by atoms with Crippen molar-refractivity contribution in [2.75, 3.05) is 38.2 Å². The summed E-state index contributed by atoms with van der Waals surface area (Å²) in [6.07, 6.45) is 0. The fourth-order valence-corrected chi connectivity index (χ4v) is 4.62. The summed E-state index contributed by atoms with van der Waals surface area (Å²) in [5.74, 6) is 0. The molecule has 1 aromatic heterocycles. The Morgan fingerprint density at radius 2 is 2.12 bits per heavy atom. The van der Waals surface area contributed by atoms with E-state index in [2.05, 4.69) is 39.1 Å². The quantitative estimate of drug-likeness (QED) is 0.717. The van der Waals surface area contributed by atoms with E-state index in [4.69, 9.17) is 28.6 Å². The van der Waals surface area contributed by atoms with Crippen LogP contribution in [0.3, 0.4) is 0 Å². The number of halogens is 1. The number of thiophene rings is 1. The summed E-state index contributed by atoms with van der Waals surface area (Å²) in [6, 6.07) is 8.61. The molecule has 0 radical (unpaired) electrons. The van der Waals surface area contributed by atoms with Gasteiger partial charge in [0.1, 0.15) is 0 Å². The molecule has 26 heavy (non-hydrogen) atoms. The van der Waals surface area contributed by atoms with E-state index in [0.29, 0.717) is 10.1 Å². The third kappa shape index (κ3) is 4.96. The maximum Gasteiger partial charge on any atom is 0.170 e. The topological polar surface area (TPSA) is 36.5 Å². The Labute approximate surface area is 169 Å². The highest BCUT2D eigenvalue weighted by molar-refractivity contribution is 7.80. The first-order chi connectivity index (χ1) is 12.5.